The van der Waals surface area contributed by atoms with Gasteiger partial charge in [-0.3, -0.25) is 19.6 Å². The molecule has 0 saturated carbocycles. The Labute approximate surface area is 153 Å². The molecule has 0 atom stereocenters. The Balaban J connectivity index is 1.63. The molecule has 0 unspecified atom stereocenters. The molecule has 1 aromatic carbocycles. The van der Waals surface area contributed by atoms with Crippen LogP contribution in [0, 0.1) is 17.0 Å². The third-order valence-corrected chi connectivity index (χ3v) is 4.60. The fraction of sp³-hybridized carbons (Fsp3) is 0.235. The molecule has 8 nitrogen and oxygen atoms in total. The maximum Gasteiger partial charge on any atom is 0.270 e. The number of hydrogen-bond acceptors (Lipinski definition) is 6. The Morgan fingerprint density at radius 3 is 2.92 bits per heavy atom. The van der Waals surface area contributed by atoms with Crippen molar-refractivity contribution in [2.24, 2.45) is 7.05 Å². The summed E-state index contributed by atoms with van der Waals surface area (Å²) in [6, 6.07) is 6.25. The largest absolute Gasteiger partial charge is 0.302 e. The number of anilines is 1. The summed E-state index contributed by atoms with van der Waals surface area (Å²) >= 11 is 1.29. The SMILES string of the molecule is Cc1nn(C)cc1CCC(=O)Nc1nc(-c2cccc([N+](=O)[O-])c2)cs1. The van der Waals surface area contributed by atoms with E-state index >= 15 is 0 Å². The van der Waals surface area contributed by atoms with Gasteiger partial charge in [0.25, 0.3) is 5.69 Å². The Kier molecular flexibility index (Phi) is 5.08. The number of nitrogens with zero attached hydrogens (tertiary/aromatic N) is 4. The van der Waals surface area contributed by atoms with Crippen molar-refractivity contribution in [3.63, 3.8) is 0 Å². The first-order chi connectivity index (χ1) is 12.4. The summed E-state index contributed by atoms with van der Waals surface area (Å²) in [4.78, 5) is 26.9. The number of rotatable bonds is 6. The van der Waals surface area contributed by atoms with Crippen molar-refractivity contribution in [3.05, 3.63) is 57.2 Å². The average molecular weight is 371 g/mol. The number of non-ortho nitro benzene ring substituents is 1. The van der Waals surface area contributed by atoms with E-state index < -0.39 is 4.92 Å². The molecule has 0 radical (unpaired) electrons. The van der Waals surface area contributed by atoms with Crippen LogP contribution < -0.4 is 5.32 Å². The van der Waals surface area contributed by atoms with Crippen LogP contribution in [-0.4, -0.2) is 25.6 Å². The number of nitro groups is 1. The third-order valence-electron chi connectivity index (χ3n) is 3.84. The minimum atomic E-state index is -0.445. The van der Waals surface area contributed by atoms with E-state index in [1.165, 1.54) is 23.5 Å². The van der Waals surface area contributed by atoms with Crippen molar-refractivity contribution in [2.45, 2.75) is 19.8 Å². The summed E-state index contributed by atoms with van der Waals surface area (Å²) in [5.74, 6) is -0.131. The second-order valence-corrected chi connectivity index (χ2v) is 6.67. The minimum Gasteiger partial charge on any atom is -0.302 e. The number of nitrogens with one attached hydrogen (secondary N) is 1. The normalized spacial score (nSPS) is 10.7. The van der Waals surface area contributed by atoms with Crippen molar-refractivity contribution in [1.82, 2.24) is 14.8 Å². The van der Waals surface area contributed by atoms with Gasteiger partial charge in [-0.15, -0.1) is 11.3 Å². The van der Waals surface area contributed by atoms with Gasteiger partial charge >= 0.3 is 0 Å². The van der Waals surface area contributed by atoms with E-state index in [4.69, 9.17) is 0 Å². The molecule has 0 aliphatic heterocycles. The molecule has 0 fully saturated rings. The van der Waals surface area contributed by atoms with E-state index in [2.05, 4.69) is 15.4 Å². The van der Waals surface area contributed by atoms with Crippen molar-refractivity contribution < 1.29 is 9.72 Å². The number of hydrogen-bond donors (Lipinski definition) is 1. The van der Waals surface area contributed by atoms with Crippen LogP contribution in [0.25, 0.3) is 11.3 Å². The summed E-state index contributed by atoms with van der Waals surface area (Å²) in [7, 11) is 1.85. The molecule has 134 valence electrons. The molecule has 0 bridgehead atoms. The topological polar surface area (TPSA) is 103 Å². The lowest BCUT2D eigenvalue weighted by molar-refractivity contribution is -0.384. The second-order valence-electron chi connectivity index (χ2n) is 5.81. The molecule has 2 heterocycles. The summed E-state index contributed by atoms with van der Waals surface area (Å²) in [6.45, 7) is 1.92. The van der Waals surface area contributed by atoms with Crippen LogP contribution in [0.1, 0.15) is 17.7 Å². The number of aryl methyl sites for hydroxylation is 3. The lowest BCUT2D eigenvalue weighted by atomic mass is 10.1. The average Bonchev–Trinajstić information content (AvgIpc) is 3.19. The van der Waals surface area contributed by atoms with Gasteiger partial charge in [0.15, 0.2) is 5.13 Å². The molecule has 0 spiro atoms. The highest BCUT2D eigenvalue weighted by molar-refractivity contribution is 7.14. The lowest BCUT2D eigenvalue weighted by Crippen LogP contribution is -2.12. The monoisotopic (exact) mass is 371 g/mol. The van der Waals surface area contributed by atoms with Crippen LogP contribution in [0.15, 0.2) is 35.8 Å². The minimum absolute atomic E-state index is 0.00734. The van der Waals surface area contributed by atoms with E-state index in [-0.39, 0.29) is 11.6 Å². The molecule has 0 saturated heterocycles. The molecule has 26 heavy (non-hydrogen) atoms. The summed E-state index contributed by atoms with van der Waals surface area (Å²) in [5, 5.41) is 20.1. The number of aromatic nitrogens is 3. The zero-order valence-electron chi connectivity index (χ0n) is 14.3. The maximum atomic E-state index is 12.1. The summed E-state index contributed by atoms with van der Waals surface area (Å²) in [5.41, 5.74) is 3.20. The van der Waals surface area contributed by atoms with E-state index in [9.17, 15) is 14.9 Å². The Hall–Kier alpha value is -3.07. The Morgan fingerprint density at radius 1 is 1.42 bits per heavy atom. The van der Waals surface area contributed by atoms with Gasteiger partial charge in [-0.25, -0.2) is 4.98 Å². The fourth-order valence-electron chi connectivity index (χ4n) is 2.57. The van der Waals surface area contributed by atoms with Gasteiger partial charge in [-0.1, -0.05) is 12.1 Å². The van der Waals surface area contributed by atoms with Crippen molar-refractivity contribution >= 4 is 28.1 Å². The molecule has 0 aliphatic carbocycles. The highest BCUT2D eigenvalue weighted by Gasteiger charge is 2.12. The van der Waals surface area contributed by atoms with Gasteiger partial charge in [0.2, 0.25) is 5.91 Å². The predicted octanol–water partition coefficient (Wildman–Crippen LogP) is 3.33. The zero-order valence-corrected chi connectivity index (χ0v) is 15.1. The van der Waals surface area contributed by atoms with E-state index in [1.807, 2.05) is 20.2 Å². The molecule has 3 aromatic rings. The van der Waals surface area contributed by atoms with Gasteiger partial charge in [-0.05, 0) is 18.9 Å². The van der Waals surface area contributed by atoms with Gasteiger partial charge in [0, 0.05) is 42.7 Å². The first-order valence-electron chi connectivity index (χ1n) is 7.91. The van der Waals surface area contributed by atoms with Crippen LogP contribution in [0.3, 0.4) is 0 Å². The van der Waals surface area contributed by atoms with Crippen molar-refractivity contribution in [2.75, 3.05) is 5.32 Å². The first-order valence-corrected chi connectivity index (χ1v) is 8.79. The smallest absolute Gasteiger partial charge is 0.270 e. The van der Waals surface area contributed by atoms with Crippen molar-refractivity contribution in [1.29, 1.82) is 0 Å². The van der Waals surface area contributed by atoms with Crippen LogP contribution in [0.2, 0.25) is 0 Å². The van der Waals surface area contributed by atoms with Crippen LogP contribution in [0.4, 0.5) is 10.8 Å². The van der Waals surface area contributed by atoms with E-state index in [0.29, 0.717) is 29.2 Å². The standard InChI is InChI=1S/C17H17N5O3S/c1-11-13(9-21(2)20-11)6-7-16(23)19-17-18-15(10-26-17)12-4-3-5-14(8-12)22(24)25/h3-5,8-10H,6-7H2,1-2H3,(H,18,19,23). The zero-order chi connectivity index (χ0) is 18.7. The van der Waals surface area contributed by atoms with Crippen molar-refractivity contribution in [3.8, 4) is 11.3 Å². The maximum absolute atomic E-state index is 12.1. The first kappa shape index (κ1) is 17.7. The van der Waals surface area contributed by atoms with Crippen LogP contribution in [0.5, 0.6) is 0 Å². The highest BCUT2D eigenvalue weighted by Crippen LogP contribution is 2.27. The number of nitro benzene ring substituents is 1. The van der Waals surface area contributed by atoms with E-state index in [0.717, 1.165) is 11.3 Å². The molecule has 2 aromatic heterocycles. The second kappa shape index (κ2) is 7.44. The predicted molar refractivity (Wildman–Crippen MR) is 99.1 cm³/mol. The molecular formula is C17H17N5O3S. The molecule has 9 heteroatoms. The highest BCUT2D eigenvalue weighted by atomic mass is 32.1. The fourth-order valence-corrected chi connectivity index (χ4v) is 3.30. The number of carbonyl (C=O) groups excluding carboxylic acids is 1. The summed E-state index contributed by atoms with van der Waals surface area (Å²) in [6.07, 6.45) is 2.85. The molecule has 0 aliphatic rings. The molecule has 1 N–H and O–H groups in total. The quantitative estimate of drug-likeness (QED) is 0.529. The molecule has 3 rings (SSSR count). The number of amides is 1. The number of thiazole rings is 1. The van der Waals surface area contributed by atoms with Gasteiger partial charge < -0.3 is 5.32 Å². The summed E-state index contributed by atoms with van der Waals surface area (Å²) < 4.78 is 1.73. The van der Waals surface area contributed by atoms with Crippen LogP contribution >= 0.6 is 11.3 Å². The van der Waals surface area contributed by atoms with Gasteiger partial charge in [0.1, 0.15) is 0 Å². The number of benzene rings is 1. The molecular weight excluding hydrogens is 354 g/mol. The van der Waals surface area contributed by atoms with Crippen LogP contribution in [-0.2, 0) is 18.3 Å². The van der Waals surface area contributed by atoms with Gasteiger partial charge in [0.05, 0.1) is 16.3 Å². The van der Waals surface area contributed by atoms with Gasteiger partial charge in [-0.2, -0.15) is 5.10 Å². The molecule has 1 amide bonds. The Morgan fingerprint density at radius 2 is 2.23 bits per heavy atom. The third kappa shape index (κ3) is 4.12. The Bertz CT molecular complexity index is 963. The lowest BCUT2D eigenvalue weighted by Gasteiger charge is -2.01. The van der Waals surface area contributed by atoms with E-state index in [1.54, 1.807) is 22.2 Å². The number of carbonyl (C=O) groups is 1.